The van der Waals surface area contributed by atoms with E-state index in [4.69, 9.17) is 4.74 Å². The monoisotopic (exact) mass is 512 g/mol. The van der Waals surface area contributed by atoms with E-state index in [1.165, 1.54) is 11.8 Å². The second kappa shape index (κ2) is 11.4. The van der Waals surface area contributed by atoms with Crippen molar-refractivity contribution in [2.24, 2.45) is 0 Å². The van der Waals surface area contributed by atoms with Crippen molar-refractivity contribution >= 4 is 52.0 Å². The van der Waals surface area contributed by atoms with Crippen LogP contribution in [0.15, 0.2) is 72.8 Å². The maximum Gasteiger partial charge on any atom is 0.338 e. The Hall–Kier alpha value is -4.92. The first kappa shape index (κ1) is 26.2. The number of rotatable bonds is 8. The number of fused-ring (bicyclic) bond motifs is 1. The molecule has 4 rings (SSSR count). The molecule has 0 saturated carbocycles. The number of ether oxygens (including phenoxy) is 1. The molecule has 9 heteroatoms. The zero-order chi connectivity index (χ0) is 27.2. The summed E-state index contributed by atoms with van der Waals surface area (Å²) in [4.78, 5) is 50.3. The third-order valence-electron chi connectivity index (χ3n) is 5.97. The van der Waals surface area contributed by atoms with Crippen molar-refractivity contribution < 1.29 is 23.9 Å². The maximum atomic E-state index is 13.2. The van der Waals surface area contributed by atoms with Gasteiger partial charge in [-0.3, -0.25) is 14.4 Å². The van der Waals surface area contributed by atoms with Crippen LogP contribution >= 0.6 is 0 Å². The molecule has 0 spiro atoms. The highest BCUT2D eigenvalue weighted by Crippen LogP contribution is 2.38. The molecule has 0 fully saturated rings. The highest BCUT2D eigenvalue weighted by Gasteiger charge is 2.29. The lowest BCUT2D eigenvalue weighted by molar-refractivity contribution is -0.123. The van der Waals surface area contributed by atoms with Gasteiger partial charge in [-0.05, 0) is 48.9 Å². The summed E-state index contributed by atoms with van der Waals surface area (Å²) in [7, 11) is 1.63. The van der Waals surface area contributed by atoms with Crippen molar-refractivity contribution in [1.29, 1.82) is 0 Å². The number of likely N-dealkylation sites (N-methyl/N-ethyl adjacent to an activating group) is 1. The number of esters is 1. The van der Waals surface area contributed by atoms with E-state index in [-0.39, 0.29) is 30.9 Å². The molecule has 1 aliphatic rings. The molecule has 0 atom stereocenters. The van der Waals surface area contributed by atoms with E-state index in [1.807, 2.05) is 30.3 Å². The molecule has 0 unspecified atom stereocenters. The van der Waals surface area contributed by atoms with Gasteiger partial charge in [0.25, 0.3) is 5.91 Å². The van der Waals surface area contributed by atoms with Crippen LogP contribution in [-0.2, 0) is 19.1 Å². The topological polar surface area (TPSA) is 117 Å². The normalized spacial score (nSPS) is 13.2. The molecule has 194 valence electrons. The molecule has 1 aliphatic heterocycles. The summed E-state index contributed by atoms with van der Waals surface area (Å²) in [6, 6.07) is 21.6. The number of benzene rings is 3. The van der Waals surface area contributed by atoms with Crippen molar-refractivity contribution in [1.82, 2.24) is 5.32 Å². The van der Waals surface area contributed by atoms with E-state index >= 15 is 0 Å². The molecule has 38 heavy (non-hydrogen) atoms. The SMILES string of the molecule is CCOC(=O)c1ccc2c(c1)NC(=O)/C2=C(\Nc1ccc(N(C)C(=O)CNC(C)=O)cc1)c1ccccc1. The number of nitrogens with one attached hydrogen (secondary N) is 3. The predicted molar refractivity (Wildman–Crippen MR) is 146 cm³/mol. The van der Waals surface area contributed by atoms with E-state index in [9.17, 15) is 19.2 Å². The number of nitrogens with zero attached hydrogens (tertiary/aromatic N) is 1. The molecule has 0 bridgehead atoms. The lowest BCUT2D eigenvalue weighted by atomic mass is 9.99. The third-order valence-corrected chi connectivity index (χ3v) is 5.97. The second-order valence-corrected chi connectivity index (χ2v) is 8.59. The van der Waals surface area contributed by atoms with Gasteiger partial charge in [0.2, 0.25) is 11.8 Å². The van der Waals surface area contributed by atoms with Crippen LogP contribution in [0.3, 0.4) is 0 Å². The van der Waals surface area contributed by atoms with Gasteiger partial charge in [0, 0.05) is 30.9 Å². The van der Waals surface area contributed by atoms with Crippen LogP contribution in [0.25, 0.3) is 11.3 Å². The van der Waals surface area contributed by atoms with Gasteiger partial charge >= 0.3 is 5.97 Å². The number of hydrogen-bond acceptors (Lipinski definition) is 6. The zero-order valence-electron chi connectivity index (χ0n) is 21.3. The van der Waals surface area contributed by atoms with Gasteiger partial charge in [0.1, 0.15) is 0 Å². The van der Waals surface area contributed by atoms with E-state index in [1.54, 1.807) is 56.4 Å². The summed E-state index contributed by atoms with van der Waals surface area (Å²) in [5.41, 5.74) is 4.72. The van der Waals surface area contributed by atoms with Crippen LogP contribution in [0, 0.1) is 0 Å². The Morgan fingerprint density at radius 2 is 1.66 bits per heavy atom. The largest absolute Gasteiger partial charge is 0.462 e. The lowest BCUT2D eigenvalue weighted by Crippen LogP contribution is -2.37. The van der Waals surface area contributed by atoms with Crippen molar-refractivity contribution in [3.63, 3.8) is 0 Å². The summed E-state index contributed by atoms with van der Waals surface area (Å²) in [6.45, 7) is 3.25. The van der Waals surface area contributed by atoms with Crippen LogP contribution in [0.4, 0.5) is 17.1 Å². The summed E-state index contributed by atoms with van der Waals surface area (Å²) in [6.07, 6.45) is 0. The molecule has 3 aromatic rings. The predicted octanol–water partition coefficient (Wildman–Crippen LogP) is 3.89. The molecular formula is C29H28N4O5. The quantitative estimate of drug-likeness (QED) is 0.311. The van der Waals surface area contributed by atoms with Crippen LogP contribution in [-0.4, -0.2) is 43.9 Å². The van der Waals surface area contributed by atoms with Crippen LogP contribution in [0.2, 0.25) is 0 Å². The zero-order valence-corrected chi connectivity index (χ0v) is 21.3. The van der Waals surface area contributed by atoms with E-state index in [0.29, 0.717) is 39.5 Å². The van der Waals surface area contributed by atoms with Crippen LogP contribution in [0.1, 0.15) is 35.3 Å². The second-order valence-electron chi connectivity index (χ2n) is 8.59. The van der Waals surface area contributed by atoms with Gasteiger partial charge in [-0.1, -0.05) is 36.4 Å². The number of carbonyl (C=O) groups excluding carboxylic acids is 4. The third kappa shape index (κ3) is 5.73. The number of carbonyl (C=O) groups is 4. The molecule has 3 N–H and O–H groups in total. The Bertz CT molecular complexity index is 1410. The molecule has 3 aromatic carbocycles. The fourth-order valence-corrected chi connectivity index (χ4v) is 4.02. The van der Waals surface area contributed by atoms with Gasteiger partial charge in [0.05, 0.1) is 35.7 Å². The Morgan fingerprint density at radius 3 is 2.32 bits per heavy atom. The number of hydrogen-bond donors (Lipinski definition) is 3. The first-order valence-corrected chi connectivity index (χ1v) is 12.1. The Balaban J connectivity index is 1.67. The van der Waals surface area contributed by atoms with Gasteiger partial charge in [-0.2, -0.15) is 0 Å². The molecular weight excluding hydrogens is 484 g/mol. The Morgan fingerprint density at radius 1 is 0.947 bits per heavy atom. The first-order chi connectivity index (χ1) is 18.3. The van der Waals surface area contributed by atoms with E-state index in [2.05, 4.69) is 16.0 Å². The molecule has 0 aromatic heterocycles. The van der Waals surface area contributed by atoms with Gasteiger partial charge in [-0.15, -0.1) is 0 Å². The van der Waals surface area contributed by atoms with Gasteiger partial charge in [0.15, 0.2) is 0 Å². The number of anilines is 3. The average Bonchev–Trinajstić information content (AvgIpc) is 3.25. The van der Waals surface area contributed by atoms with E-state index < -0.39 is 5.97 Å². The van der Waals surface area contributed by atoms with Crippen LogP contribution in [0.5, 0.6) is 0 Å². The van der Waals surface area contributed by atoms with Crippen molar-refractivity contribution in [2.45, 2.75) is 13.8 Å². The molecule has 9 nitrogen and oxygen atoms in total. The van der Waals surface area contributed by atoms with Crippen molar-refractivity contribution in [2.75, 3.05) is 35.7 Å². The summed E-state index contributed by atoms with van der Waals surface area (Å²) in [5.74, 6) is -1.28. The lowest BCUT2D eigenvalue weighted by Gasteiger charge is -2.19. The summed E-state index contributed by atoms with van der Waals surface area (Å²) >= 11 is 0. The Labute approximate surface area is 220 Å². The summed E-state index contributed by atoms with van der Waals surface area (Å²) < 4.78 is 5.08. The van der Waals surface area contributed by atoms with Crippen LogP contribution < -0.4 is 20.9 Å². The highest BCUT2D eigenvalue weighted by atomic mass is 16.5. The fraction of sp³-hybridized carbons (Fsp3) is 0.172. The van der Waals surface area contributed by atoms with E-state index in [0.717, 1.165) is 5.56 Å². The minimum atomic E-state index is -0.455. The fourth-order valence-electron chi connectivity index (χ4n) is 4.02. The highest BCUT2D eigenvalue weighted by molar-refractivity contribution is 6.37. The van der Waals surface area contributed by atoms with Gasteiger partial charge in [-0.25, -0.2) is 4.79 Å². The van der Waals surface area contributed by atoms with Gasteiger partial charge < -0.3 is 25.6 Å². The first-order valence-electron chi connectivity index (χ1n) is 12.1. The smallest absolute Gasteiger partial charge is 0.338 e. The average molecular weight is 513 g/mol. The van der Waals surface area contributed by atoms with Crippen molar-refractivity contribution in [3.05, 3.63) is 89.5 Å². The molecule has 0 aliphatic carbocycles. The standard InChI is InChI=1S/C29H28N4O5/c1-4-38-29(37)20-10-15-23-24(16-20)32-28(36)26(23)27(19-8-6-5-7-9-19)31-21-11-13-22(14-12-21)33(3)25(35)17-30-18(2)34/h5-16,31H,4,17H2,1-3H3,(H,30,34)(H,32,36)/b27-26-. The molecule has 1 heterocycles. The molecule has 0 radical (unpaired) electrons. The van der Waals surface area contributed by atoms with Crippen molar-refractivity contribution in [3.8, 4) is 0 Å². The molecule has 0 saturated heterocycles. The minimum Gasteiger partial charge on any atom is -0.462 e. The Kier molecular flexibility index (Phi) is 7.86. The maximum absolute atomic E-state index is 13.2. The minimum absolute atomic E-state index is 0.0948. The number of amides is 3. The summed E-state index contributed by atoms with van der Waals surface area (Å²) in [5, 5.41) is 8.73. The molecule has 3 amide bonds.